The topological polar surface area (TPSA) is 34.1 Å². The van der Waals surface area contributed by atoms with Gasteiger partial charge in [0.1, 0.15) is 0 Å². The van der Waals surface area contributed by atoms with Crippen LogP contribution >= 0.6 is 0 Å². The van der Waals surface area contributed by atoms with Gasteiger partial charge in [-0.1, -0.05) is 11.6 Å². The van der Waals surface area contributed by atoms with Crippen LogP contribution in [0.1, 0.15) is 19.3 Å². The van der Waals surface area contributed by atoms with Crippen LogP contribution < -0.4 is 0 Å². The largest absolute Gasteiger partial charge is 0.224 e. The number of hydrogen-bond acceptors (Lipinski definition) is 2. The van der Waals surface area contributed by atoms with Gasteiger partial charge < -0.3 is 0 Å². The average molecular weight is 170 g/mol. The lowest BCUT2D eigenvalue weighted by Gasteiger charge is -2.05. The van der Waals surface area contributed by atoms with Gasteiger partial charge in [-0.15, -0.1) is 0 Å². The first kappa shape index (κ1) is 7.10. The Morgan fingerprint density at radius 3 is 2.82 bits per heavy atom. The van der Waals surface area contributed by atoms with E-state index in [1.165, 1.54) is 0 Å². The van der Waals surface area contributed by atoms with Crippen LogP contribution in [-0.2, 0) is 9.84 Å². The third-order valence-corrected chi connectivity index (χ3v) is 4.07. The first-order valence-electron chi connectivity index (χ1n) is 3.81. The molecule has 2 aliphatic rings. The Hall–Kier alpha value is -0.570. The number of rotatable bonds is 0. The summed E-state index contributed by atoms with van der Waals surface area (Å²) in [6, 6.07) is 0. The quantitative estimate of drug-likeness (QED) is 0.551. The molecule has 0 saturated heterocycles. The minimum absolute atomic E-state index is 0.335. The summed E-state index contributed by atoms with van der Waals surface area (Å²) in [6.45, 7) is 0. The Balaban J connectivity index is 2.53. The molecule has 0 aromatic rings. The molecule has 0 amide bonds. The maximum Gasteiger partial charge on any atom is 0.178 e. The van der Waals surface area contributed by atoms with Crippen molar-refractivity contribution in [2.24, 2.45) is 0 Å². The lowest BCUT2D eigenvalue weighted by atomic mass is 10.0. The summed E-state index contributed by atoms with van der Waals surface area (Å²) >= 11 is 0. The van der Waals surface area contributed by atoms with E-state index in [9.17, 15) is 8.42 Å². The van der Waals surface area contributed by atoms with Crippen molar-refractivity contribution >= 4 is 9.84 Å². The summed E-state index contributed by atoms with van der Waals surface area (Å²) in [6.07, 6.45) is 6.43. The maximum absolute atomic E-state index is 11.3. The van der Waals surface area contributed by atoms with Gasteiger partial charge in [0.15, 0.2) is 9.84 Å². The van der Waals surface area contributed by atoms with E-state index in [2.05, 4.69) is 0 Å². The molecule has 0 radical (unpaired) electrons. The molecule has 60 valence electrons. The van der Waals surface area contributed by atoms with Gasteiger partial charge in [0.2, 0.25) is 0 Å². The fraction of sp³-hybridized carbons (Fsp3) is 0.500. The predicted molar refractivity (Wildman–Crippen MR) is 43.8 cm³/mol. The first-order valence-corrected chi connectivity index (χ1v) is 5.47. The zero-order valence-corrected chi connectivity index (χ0v) is 7.02. The third kappa shape index (κ3) is 1.03. The van der Waals surface area contributed by atoms with Crippen molar-refractivity contribution in [2.45, 2.75) is 19.3 Å². The van der Waals surface area contributed by atoms with Crippen molar-refractivity contribution in [3.8, 4) is 0 Å². The fourth-order valence-corrected chi connectivity index (χ4v) is 3.31. The van der Waals surface area contributed by atoms with Gasteiger partial charge in [0.25, 0.3) is 0 Å². The van der Waals surface area contributed by atoms with Gasteiger partial charge in [-0.05, 0) is 25.3 Å². The highest BCUT2D eigenvalue weighted by Gasteiger charge is 2.27. The zero-order valence-electron chi connectivity index (χ0n) is 6.21. The second-order valence-corrected chi connectivity index (χ2v) is 5.06. The molecule has 1 heterocycles. The molecular weight excluding hydrogens is 160 g/mol. The monoisotopic (exact) mass is 170 g/mol. The van der Waals surface area contributed by atoms with Gasteiger partial charge in [0.05, 0.1) is 10.7 Å². The lowest BCUT2D eigenvalue weighted by molar-refractivity contribution is 0.605. The van der Waals surface area contributed by atoms with Crippen LogP contribution in [-0.4, -0.2) is 14.2 Å². The summed E-state index contributed by atoms with van der Waals surface area (Å²) in [5, 5.41) is 0. The fourth-order valence-electron chi connectivity index (χ4n) is 1.63. The van der Waals surface area contributed by atoms with Crippen LogP contribution in [0.2, 0.25) is 0 Å². The normalized spacial score (nSPS) is 27.3. The number of sulfone groups is 1. The molecule has 11 heavy (non-hydrogen) atoms. The van der Waals surface area contributed by atoms with Crippen LogP contribution in [0.5, 0.6) is 0 Å². The van der Waals surface area contributed by atoms with Crippen molar-refractivity contribution in [2.75, 3.05) is 5.75 Å². The molecule has 1 aliphatic carbocycles. The summed E-state index contributed by atoms with van der Waals surface area (Å²) in [4.78, 5) is 0.615. The van der Waals surface area contributed by atoms with Gasteiger partial charge >= 0.3 is 0 Å². The summed E-state index contributed by atoms with van der Waals surface area (Å²) < 4.78 is 22.6. The van der Waals surface area contributed by atoms with Crippen LogP contribution in [0, 0.1) is 0 Å². The highest BCUT2D eigenvalue weighted by Crippen LogP contribution is 2.32. The van der Waals surface area contributed by atoms with E-state index in [0.717, 1.165) is 24.8 Å². The molecular formula is C8H10O2S. The minimum atomic E-state index is -2.85. The Kier molecular flexibility index (Phi) is 1.42. The van der Waals surface area contributed by atoms with Crippen molar-refractivity contribution in [3.05, 3.63) is 22.6 Å². The van der Waals surface area contributed by atoms with Gasteiger partial charge in [-0.25, -0.2) is 8.42 Å². The summed E-state index contributed by atoms with van der Waals surface area (Å²) in [7, 11) is -2.85. The van der Waals surface area contributed by atoms with Crippen molar-refractivity contribution in [3.63, 3.8) is 0 Å². The molecule has 0 aromatic heterocycles. The van der Waals surface area contributed by atoms with Crippen molar-refractivity contribution in [1.82, 2.24) is 0 Å². The summed E-state index contributed by atoms with van der Waals surface area (Å²) in [5.74, 6) is 0.335. The van der Waals surface area contributed by atoms with E-state index in [4.69, 9.17) is 0 Å². The molecule has 0 atom stereocenters. The number of allylic oxidation sites excluding steroid dienone is 3. The van der Waals surface area contributed by atoms with Crippen molar-refractivity contribution in [1.29, 1.82) is 0 Å². The molecule has 2 rings (SSSR count). The maximum atomic E-state index is 11.3. The van der Waals surface area contributed by atoms with E-state index in [1.807, 2.05) is 6.08 Å². The second kappa shape index (κ2) is 2.21. The van der Waals surface area contributed by atoms with E-state index in [-0.39, 0.29) is 0 Å². The summed E-state index contributed by atoms with van der Waals surface area (Å²) in [5.41, 5.74) is 1.15. The number of hydrogen-bond donors (Lipinski definition) is 0. The zero-order chi connectivity index (χ0) is 7.90. The van der Waals surface area contributed by atoms with E-state index in [0.29, 0.717) is 10.7 Å². The van der Waals surface area contributed by atoms with Crippen LogP contribution in [0.15, 0.2) is 22.6 Å². The third-order valence-electron chi connectivity index (χ3n) is 2.24. The van der Waals surface area contributed by atoms with E-state index < -0.39 is 9.84 Å². The van der Waals surface area contributed by atoms with E-state index >= 15 is 0 Å². The van der Waals surface area contributed by atoms with Crippen LogP contribution in [0.25, 0.3) is 0 Å². The highest BCUT2D eigenvalue weighted by atomic mass is 32.2. The smallest absolute Gasteiger partial charge is 0.178 e. The van der Waals surface area contributed by atoms with Crippen molar-refractivity contribution < 1.29 is 8.42 Å². The molecule has 0 aromatic carbocycles. The molecule has 3 heteroatoms. The Bertz CT molecular complexity index is 333. The second-order valence-electron chi connectivity index (χ2n) is 2.98. The first-order chi connectivity index (χ1) is 5.20. The molecule has 0 fully saturated rings. The SMILES string of the molecule is O=S1(=O)CCC2=C1C=CCC2. The van der Waals surface area contributed by atoms with Gasteiger partial charge in [-0.3, -0.25) is 0 Å². The average Bonchev–Trinajstić information content (AvgIpc) is 2.29. The van der Waals surface area contributed by atoms with Gasteiger partial charge in [0, 0.05) is 0 Å². The highest BCUT2D eigenvalue weighted by molar-refractivity contribution is 7.95. The molecule has 2 nitrogen and oxygen atoms in total. The van der Waals surface area contributed by atoms with Crippen LogP contribution in [0.3, 0.4) is 0 Å². The minimum Gasteiger partial charge on any atom is -0.224 e. The Morgan fingerprint density at radius 1 is 1.27 bits per heavy atom. The van der Waals surface area contributed by atoms with Gasteiger partial charge in [-0.2, -0.15) is 0 Å². The molecule has 1 aliphatic heterocycles. The predicted octanol–water partition coefficient (Wildman–Crippen LogP) is 1.41. The molecule has 0 saturated carbocycles. The lowest BCUT2D eigenvalue weighted by Crippen LogP contribution is -2.00. The van der Waals surface area contributed by atoms with E-state index in [1.54, 1.807) is 6.08 Å². The Morgan fingerprint density at radius 2 is 2.09 bits per heavy atom. The van der Waals surface area contributed by atoms with Crippen LogP contribution in [0.4, 0.5) is 0 Å². The Labute approximate surface area is 66.5 Å². The molecule has 0 unspecified atom stereocenters. The molecule has 0 N–H and O–H groups in total. The molecule has 0 spiro atoms. The molecule has 0 bridgehead atoms. The standard InChI is InChI=1S/C8H10O2S/c9-11(10)6-5-7-3-1-2-4-8(7)11/h2,4H,1,3,5-6H2.